The Morgan fingerprint density at radius 2 is 1.73 bits per heavy atom. The molecule has 0 saturated carbocycles. The Hall–Kier alpha value is -3.54. The summed E-state index contributed by atoms with van der Waals surface area (Å²) in [6, 6.07) is 11.4. The average Bonchev–Trinajstić information content (AvgIpc) is 3.49. The van der Waals surface area contributed by atoms with E-state index >= 15 is 0 Å². The first-order valence-corrected chi connectivity index (χ1v) is 14.3. The van der Waals surface area contributed by atoms with Crippen molar-refractivity contribution in [3.8, 4) is 5.75 Å². The Balaban J connectivity index is 1.13. The molecule has 0 unspecified atom stereocenters. The zero-order chi connectivity index (χ0) is 28.3. The molecule has 0 bridgehead atoms. The number of methoxy groups -OCH3 is 1. The third-order valence-corrected chi connectivity index (χ3v) is 8.41. The van der Waals surface area contributed by atoms with Crippen LogP contribution in [0.5, 0.6) is 5.75 Å². The van der Waals surface area contributed by atoms with Crippen molar-refractivity contribution in [1.29, 1.82) is 0 Å². The highest BCUT2D eigenvalue weighted by atomic mass is 19.1. The Bertz CT molecular complexity index is 1350. The minimum absolute atomic E-state index is 0.239. The number of likely N-dealkylation sites (N-methyl/N-ethyl adjacent to an activating group) is 1. The maximum Gasteiger partial charge on any atom is 0.158 e. The summed E-state index contributed by atoms with van der Waals surface area (Å²) in [7, 11) is 3.89. The monoisotopic (exact) mass is 565 g/mol. The largest absolute Gasteiger partial charge is 0.495 e. The van der Waals surface area contributed by atoms with Crippen molar-refractivity contribution in [3.05, 3.63) is 66.0 Å². The molecule has 3 fully saturated rings. The Morgan fingerprint density at radius 3 is 2.51 bits per heavy atom. The van der Waals surface area contributed by atoms with E-state index in [1.54, 1.807) is 13.2 Å². The molecule has 1 N–H and O–H groups in total. The molecule has 1 aromatic heterocycles. The molecule has 218 valence electrons. The fourth-order valence-electron chi connectivity index (χ4n) is 6.11. The number of nitrogens with one attached hydrogen (secondary N) is 1. The van der Waals surface area contributed by atoms with Gasteiger partial charge in [0.05, 0.1) is 25.4 Å². The molecule has 0 radical (unpaired) electrons. The van der Waals surface area contributed by atoms with E-state index in [1.165, 1.54) is 17.5 Å². The van der Waals surface area contributed by atoms with Crippen molar-refractivity contribution < 1.29 is 18.4 Å². The summed E-state index contributed by atoms with van der Waals surface area (Å²) in [4.78, 5) is 21.9. The first-order chi connectivity index (χ1) is 20.0. The number of piperidine rings is 1. The smallest absolute Gasteiger partial charge is 0.158 e. The topological polar surface area (TPSA) is 69.2 Å². The SMILES string of the molecule is COc1cc(Nc2cc(N3OCC[C@@H]3c3cc(F)ccc3F)ncn2)ccc1N1CCC(N2CCN(C)CC2)CC1. The second kappa shape index (κ2) is 12.1. The van der Waals surface area contributed by atoms with Gasteiger partial charge in [-0.2, -0.15) is 0 Å². The Morgan fingerprint density at radius 1 is 0.927 bits per heavy atom. The van der Waals surface area contributed by atoms with Crippen molar-refractivity contribution >= 4 is 23.0 Å². The quantitative estimate of drug-likeness (QED) is 0.443. The van der Waals surface area contributed by atoms with Gasteiger partial charge in [0.25, 0.3) is 0 Å². The minimum Gasteiger partial charge on any atom is -0.495 e. The van der Waals surface area contributed by atoms with E-state index in [9.17, 15) is 8.78 Å². The van der Waals surface area contributed by atoms with Crippen LogP contribution in [0.15, 0.2) is 48.8 Å². The third kappa shape index (κ3) is 6.07. The number of halogens is 2. The van der Waals surface area contributed by atoms with Gasteiger partial charge in [0.15, 0.2) is 5.82 Å². The summed E-state index contributed by atoms with van der Waals surface area (Å²) in [5.41, 5.74) is 2.14. The van der Waals surface area contributed by atoms with Crippen molar-refractivity contribution in [3.63, 3.8) is 0 Å². The van der Waals surface area contributed by atoms with E-state index in [4.69, 9.17) is 9.57 Å². The lowest BCUT2D eigenvalue weighted by atomic mass is 10.0. The number of piperazine rings is 1. The van der Waals surface area contributed by atoms with Crippen LogP contribution in [0.4, 0.5) is 31.8 Å². The second-order valence-electron chi connectivity index (χ2n) is 11.0. The number of nitrogens with zero attached hydrogens (tertiary/aromatic N) is 6. The molecule has 9 nitrogen and oxygen atoms in total. The Kier molecular flexibility index (Phi) is 8.18. The maximum absolute atomic E-state index is 14.5. The maximum atomic E-state index is 14.5. The van der Waals surface area contributed by atoms with Crippen LogP contribution < -0.4 is 20.0 Å². The van der Waals surface area contributed by atoms with Crippen molar-refractivity contribution in [2.24, 2.45) is 0 Å². The lowest BCUT2D eigenvalue weighted by molar-refractivity contribution is 0.0981. The van der Waals surface area contributed by atoms with E-state index in [0.717, 1.165) is 81.4 Å². The van der Waals surface area contributed by atoms with Gasteiger partial charge in [-0.1, -0.05) is 0 Å². The fraction of sp³-hybridized carbons (Fsp3) is 0.467. The van der Waals surface area contributed by atoms with Gasteiger partial charge in [0.2, 0.25) is 0 Å². The molecule has 41 heavy (non-hydrogen) atoms. The summed E-state index contributed by atoms with van der Waals surface area (Å²) >= 11 is 0. The lowest BCUT2D eigenvalue weighted by Gasteiger charge is -2.42. The van der Waals surface area contributed by atoms with Crippen LogP contribution in [0.2, 0.25) is 0 Å². The van der Waals surface area contributed by atoms with E-state index in [1.807, 2.05) is 12.1 Å². The number of aromatic nitrogens is 2. The van der Waals surface area contributed by atoms with Gasteiger partial charge in [-0.25, -0.2) is 23.8 Å². The molecule has 11 heteroatoms. The lowest BCUT2D eigenvalue weighted by Crippen LogP contribution is -2.52. The van der Waals surface area contributed by atoms with Crippen molar-refractivity contribution in [2.75, 3.05) is 75.3 Å². The van der Waals surface area contributed by atoms with Gasteiger partial charge >= 0.3 is 0 Å². The predicted octanol–water partition coefficient (Wildman–Crippen LogP) is 4.61. The highest BCUT2D eigenvalue weighted by Crippen LogP contribution is 2.37. The van der Waals surface area contributed by atoms with Gasteiger partial charge in [-0.3, -0.25) is 9.74 Å². The van der Waals surface area contributed by atoms with Crippen LogP contribution in [0, 0.1) is 11.6 Å². The highest BCUT2D eigenvalue weighted by molar-refractivity contribution is 5.69. The van der Waals surface area contributed by atoms with Crippen molar-refractivity contribution in [1.82, 2.24) is 19.8 Å². The summed E-state index contributed by atoms with van der Waals surface area (Å²) in [6.07, 6.45) is 4.23. The molecular weight excluding hydrogens is 528 g/mol. The molecule has 3 aliphatic rings. The average molecular weight is 566 g/mol. The Labute approximate surface area is 239 Å². The van der Waals surface area contributed by atoms with Gasteiger partial charge in [0.1, 0.15) is 29.5 Å². The molecular formula is C30H37F2N7O2. The molecule has 0 aliphatic carbocycles. The molecule has 4 heterocycles. The molecule has 6 rings (SSSR count). The highest BCUT2D eigenvalue weighted by Gasteiger charge is 2.32. The van der Waals surface area contributed by atoms with Gasteiger partial charge in [-0.05, 0) is 50.2 Å². The molecule has 3 aliphatic heterocycles. The zero-order valence-corrected chi connectivity index (χ0v) is 23.6. The first kappa shape index (κ1) is 27.6. The summed E-state index contributed by atoms with van der Waals surface area (Å²) in [5, 5.41) is 4.85. The van der Waals surface area contributed by atoms with Crippen LogP contribution in [0.3, 0.4) is 0 Å². The first-order valence-electron chi connectivity index (χ1n) is 14.3. The fourth-order valence-corrected chi connectivity index (χ4v) is 6.11. The minimum atomic E-state index is -0.492. The number of benzene rings is 2. The van der Waals surface area contributed by atoms with Crippen LogP contribution in [0.1, 0.15) is 30.9 Å². The van der Waals surface area contributed by atoms with E-state index in [-0.39, 0.29) is 5.56 Å². The molecule has 1 atom stereocenters. The zero-order valence-electron chi connectivity index (χ0n) is 23.6. The van der Waals surface area contributed by atoms with Crippen LogP contribution in [-0.2, 0) is 4.84 Å². The number of ether oxygens (including phenoxy) is 1. The standard InChI is InChI=1S/C30H37F2N7O2/c1-36-12-14-37(15-13-36)23-7-10-38(11-8-23)27-6-4-22(18-28(27)40-2)35-29-19-30(34-20-33-29)39-26(9-16-41-39)24-17-21(31)3-5-25(24)32/h3-6,17-20,23,26H,7-16H2,1-2H3,(H,33,34,35)/t26-/m1/s1. The summed E-state index contributed by atoms with van der Waals surface area (Å²) in [6.45, 7) is 6.97. The molecule has 2 aromatic carbocycles. The number of hydrogen-bond acceptors (Lipinski definition) is 9. The number of anilines is 4. The van der Waals surface area contributed by atoms with Gasteiger partial charge in [-0.15, -0.1) is 0 Å². The molecule has 3 aromatic rings. The van der Waals surface area contributed by atoms with Crippen LogP contribution in [0.25, 0.3) is 0 Å². The van der Waals surface area contributed by atoms with Crippen LogP contribution in [-0.4, -0.2) is 85.8 Å². The van der Waals surface area contributed by atoms with E-state index in [2.05, 4.69) is 43.1 Å². The van der Waals surface area contributed by atoms with Crippen molar-refractivity contribution in [2.45, 2.75) is 31.3 Å². The summed E-state index contributed by atoms with van der Waals surface area (Å²) in [5.74, 6) is 0.837. The number of hydroxylamine groups is 1. The number of hydrogen-bond donors (Lipinski definition) is 1. The third-order valence-electron chi connectivity index (χ3n) is 8.41. The summed E-state index contributed by atoms with van der Waals surface area (Å²) < 4.78 is 34.2. The molecule has 3 saturated heterocycles. The normalized spacial score (nSPS) is 20.9. The number of rotatable bonds is 7. The second-order valence-corrected chi connectivity index (χ2v) is 11.0. The molecule has 0 amide bonds. The van der Waals surface area contributed by atoms with E-state index in [0.29, 0.717) is 30.7 Å². The van der Waals surface area contributed by atoms with E-state index < -0.39 is 17.7 Å². The van der Waals surface area contributed by atoms with Gasteiger partial charge < -0.3 is 19.9 Å². The van der Waals surface area contributed by atoms with Gasteiger partial charge in [0, 0.05) is 75.1 Å². The van der Waals surface area contributed by atoms with Crippen LogP contribution >= 0.6 is 0 Å². The predicted molar refractivity (Wildman–Crippen MR) is 155 cm³/mol. The molecule has 0 spiro atoms.